The van der Waals surface area contributed by atoms with E-state index in [1.165, 1.54) is 24.8 Å². The predicted octanol–water partition coefficient (Wildman–Crippen LogP) is 4.41. The molecule has 0 aromatic heterocycles. The van der Waals surface area contributed by atoms with Crippen LogP contribution in [-0.2, 0) is 6.42 Å². The number of ether oxygens (including phenoxy) is 1. The Labute approximate surface area is 131 Å². The van der Waals surface area contributed by atoms with Crippen LogP contribution in [0.2, 0.25) is 0 Å². The molecule has 0 amide bonds. The third-order valence-electron chi connectivity index (χ3n) is 4.33. The van der Waals surface area contributed by atoms with Crippen LogP contribution in [-0.4, -0.2) is 19.7 Å². The monoisotopic (exact) mass is 339 g/mol. The molecule has 3 heteroatoms. The van der Waals surface area contributed by atoms with Crippen molar-refractivity contribution in [2.45, 2.75) is 45.6 Å². The summed E-state index contributed by atoms with van der Waals surface area (Å²) in [6, 6.07) is 7.02. The van der Waals surface area contributed by atoms with Crippen molar-refractivity contribution >= 4 is 15.9 Å². The molecule has 1 N–H and O–H groups in total. The molecular formula is C17H26BrNO. The maximum Gasteiger partial charge on any atom is 0.133 e. The quantitative estimate of drug-likeness (QED) is 0.757. The van der Waals surface area contributed by atoms with Gasteiger partial charge in [-0.25, -0.2) is 0 Å². The van der Waals surface area contributed by atoms with Crippen LogP contribution in [0, 0.1) is 11.8 Å². The molecule has 0 bridgehead atoms. The highest BCUT2D eigenvalue weighted by Gasteiger charge is 2.33. The second-order valence-corrected chi connectivity index (χ2v) is 6.78. The summed E-state index contributed by atoms with van der Waals surface area (Å²) in [6.45, 7) is 5.75. The summed E-state index contributed by atoms with van der Waals surface area (Å²) in [4.78, 5) is 0. The molecule has 20 heavy (non-hydrogen) atoms. The molecule has 2 rings (SSSR count). The van der Waals surface area contributed by atoms with Crippen LogP contribution in [0.25, 0.3) is 0 Å². The van der Waals surface area contributed by atoms with Gasteiger partial charge in [0.1, 0.15) is 5.75 Å². The van der Waals surface area contributed by atoms with E-state index in [1.54, 1.807) is 7.11 Å². The van der Waals surface area contributed by atoms with E-state index in [0.29, 0.717) is 6.04 Å². The lowest BCUT2D eigenvalue weighted by Crippen LogP contribution is -2.38. The molecule has 1 aliphatic carbocycles. The van der Waals surface area contributed by atoms with Gasteiger partial charge >= 0.3 is 0 Å². The van der Waals surface area contributed by atoms with Crippen molar-refractivity contribution in [2.24, 2.45) is 11.8 Å². The van der Waals surface area contributed by atoms with Crippen LogP contribution in [0.3, 0.4) is 0 Å². The lowest BCUT2D eigenvalue weighted by Gasteiger charge is -2.25. The van der Waals surface area contributed by atoms with Crippen molar-refractivity contribution in [1.82, 2.24) is 5.32 Å². The van der Waals surface area contributed by atoms with Gasteiger partial charge in [0.05, 0.1) is 11.6 Å². The number of halogens is 1. The fourth-order valence-electron chi connectivity index (χ4n) is 2.82. The van der Waals surface area contributed by atoms with Crippen molar-refractivity contribution in [1.29, 1.82) is 0 Å². The smallest absolute Gasteiger partial charge is 0.133 e. The Morgan fingerprint density at radius 1 is 1.40 bits per heavy atom. The third kappa shape index (κ3) is 4.23. The molecule has 1 saturated carbocycles. The summed E-state index contributed by atoms with van der Waals surface area (Å²) in [7, 11) is 1.71. The van der Waals surface area contributed by atoms with Crippen molar-refractivity contribution in [3.05, 3.63) is 28.2 Å². The molecule has 1 aliphatic rings. The fraction of sp³-hybridized carbons (Fsp3) is 0.647. The Kier molecular flexibility index (Phi) is 5.91. The van der Waals surface area contributed by atoms with E-state index in [-0.39, 0.29) is 0 Å². The van der Waals surface area contributed by atoms with Gasteiger partial charge in [-0.3, -0.25) is 0 Å². The fourth-order valence-corrected chi connectivity index (χ4v) is 3.40. The second-order valence-electron chi connectivity index (χ2n) is 5.93. The Bertz CT molecular complexity index is 431. The van der Waals surface area contributed by atoms with Crippen molar-refractivity contribution in [3.63, 3.8) is 0 Å². The van der Waals surface area contributed by atoms with Crippen molar-refractivity contribution in [2.75, 3.05) is 13.7 Å². The van der Waals surface area contributed by atoms with Crippen LogP contribution in [0.5, 0.6) is 5.75 Å². The minimum Gasteiger partial charge on any atom is -0.496 e. The molecule has 0 saturated heterocycles. The molecule has 112 valence electrons. The summed E-state index contributed by atoms with van der Waals surface area (Å²) in [5, 5.41) is 3.74. The Balaban J connectivity index is 2.03. The zero-order valence-corrected chi connectivity index (χ0v) is 14.4. The maximum absolute atomic E-state index is 5.30. The number of hydrogen-bond acceptors (Lipinski definition) is 2. The number of rotatable bonds is 8. The van der Waals surface area contributed by atoms with Crippen molar-refractivity contribution in [3.8, 4) is 5.75 Å². The summed E-state index contributed by atoms with van der Waals surface area (Å²) >= 11 is 3.58. The molecule has 1 aromatic carbocycles. The van der Waals surface area contributed by atoms with E-state index in [4.69, 9.17) is 4.74 Å². The van der Waals surface area contributed by atoms with E-state index < -0.39 is 0 Å². The second kappa shape index (κ2) is 7.46. The average molecular weight is 340 g/mol. The molecule has 2 nitrogen and oxygen atoms in total. The van der Waals surface area contributed by atoms with Crippen molar-refractivity contribution < 1.29 is 4.74 Å². The molecule has 0 radical (unpaired) electrons. The standard InChI is InChI=1S/C17H26BrNO/c1-4-9-19-16(12(2)14-6-7-14)11-13-5-8-17(20-3)15(18)10-13/h5,8,10,12,14,16,19H,4,6-7,9,11H2,1-3H3. The van der Waals surface area contributed by atoms with Crippen LogP contribution in [0.1, 0.15) is 38.7 Å². The van der Waals surface area contributed by atoms with E-state index in [9.17, 15) is 0 Å². The Morgan fingerprint density at radius 3 is 2.70 bits per heavy atom. The zero-order valence-electron chi connectivity index (χ0n) is 12.8. The lowest BCUT2D eigenvalue weighted by atomic mass is 9.91. The molecule has 0 heterocycles. The first-order valence-corrected chi connectivity index (χ1v) is 8.50. The first-order chi connectivity index (χ1) is 9.65. The van der Waals surface area contributed by atoms with Crippen LogP contribution in [0.4, 0.5) is 0 Å². The van der Waals surface area contributed by atoms with Crippen LogP contribution < -0.4 is 10.1 Å². The van der Waals surface area contributed by atoms with Gasteiger partial charge in [-0.2, -0.15) is 0 Å². The highest BCUT2D eigenvalue weighted by Crippen LogP contribution is 2.39. The van der Waals surface area contributed by atoms with Gasteiger partial charge < -0.3 is 10.1 Å². The number of methoxy groups -OCH3 is 1. The normalized spacial score (nSPS) is 17.8. The van der Waals surface area contributed by atoms with Gasteiger partial charge in [0.25, 0.3) is 0 Å². The molecule has 0 spiro atoms. The molecular weight excluding hydrogens is 314 g/mol. The first-order valence-electron chi connectivity index (χ1n) is 7.71. The van der Waals surface area contributed by atoms with Gasteiger partial charge in [0.15, 0.2) is 0 Å². The average Bonchev–Trinajstić information content (AvgIpc) is 3.27. The van der Waals surface area contributed by atoms with Gasteiger partial charge in [0, 0.05) is 6.04 Å². The van der Waals surface area contributed by atoms with Gasteiger partial charge in [-0.05, 0) is 77.7 Å². The zero-order chi connectivity index (χ0) is 14.5. The van der Waals surface area contributed by atoms with E-state index >= 15 is 0 Å². The summed E-state index contributed by atoms with van der Waals surface area (Å²) < 4.78 is 6.35. The Morgan fingerprint density at radius 2 is 2.15 bits per heavy atom. The first kappa shape index (κ1) is 15.8. The van der Waals surface area contributed by atoms with E-state index in [2.05, 4.69) is 53.3 Å². The summed E-state index contributed by atoms with van der Waals surface area (Å²) in [5.74, 6) is 2.61. The molecule has 0 aliphatic heterocycles. The maximum atomic E-state index is 5.30. The van der Waals surface area contributed by atoms with Gasteiger partial charge in [-0.1, -0.05) is 19.9 Å². The number of benzene rings is 1. The minimum atomic E-state index is 0.586. The molecule has 1 fully saturated rings. The summed E-state index contributed by atoms with van der Waals surface area (Å²) in [5.41, 5.74) is 1.37. The highest BCUT2D eigenvalue weighted by atomic mass is 79.9. The minimum absolute atomic E-state index is 0.586. The lowest BCUT2D eigenvalue weighted by molar-refractivity contribution is 0.339. The molecule has 2 atom stereocenters. The summed E-state index contributed by atoms with van der Waals surface area (Å²) in [6.07, 6.45) is 5.12. The van der Waals surface area contributed by atoms with Gasteiger partial charge in [-0.15, -0.1) is 0 Å². The molecule has 1 aromatic rings. The predicted molar refractivity (Wildman–Crippen MR) is 88.4 cm³/mol. The van der Waals surface area contributed by atoms with E-state index in [1.807, 2.05) is 0 Å². The Hall–Kier alpha value is -0.540. The topological polar surface area (TPSA) is 21.3 Å². The van der Waals surface area contributed by atoms with E-state index in [0.717, 1.165) is 35.0 Å². The van der Waals surface area contributed by atoms with Crippen LogP contribution >= 0.6 is 15.9 Å². The van der Waals surface area contributed by atoms with Gasteiger partial charge in [0.2, 0.25) is 0 Å². The number of hydrogen-bond donors (Lipinski definition) is 1. The number of nitrogens with one attached hydrogen (secondary N) is 1. The third-order valence-corrected chi connectivity index (χ3v) is 4.95. The SMILES string of the molecule is CCCNC(Cc1ccc(OC)c(Br)c1)C(C)C1CC1. The largest absolute Gasteiger partial charge is 0.496 e. The molecule has 2 unspecified atom stereocenters. The highest BCUT2D eigenvalue weighted by molar-refractivity contribution is 9.10. The van der Waals surface area contributed by atoms with Crippen LogP contribution in [0.15, 0.2) is 22.7 Å².